The van der Waals surface area contributed by atoms with Gasteiger partial charge in [0.25, 0.3) is 0 Å². The predicted octanol–water partition coefficient (Wildman–Crippen LogP) is 4.60. The maximum Gasteiger partial charge on any atom is 0.408 e. The highest BCUT2D eigenvalue weighted by atomic mass is 79.9. The predicted molar refractivity (Wildman–Crippen MR) is 88.3 cm³/mol. The Morgan fingerprint density at radius 1 is 1.33 bits per heavy atom. The van der Waals surface area contributed by atoms with Gasteiger partial charge in [0.2, 0.25) is 0 Å². The van der Waals surface area contributed by atoms with E-state index in [0.717, 1.165) is 20.7 Å². The van der Waals surface area contributed by atoms with E-state index in [0.29, 0.717) is 6.54 Å². The third kappa shape index (κ3) is 5.13. The second-order valence-electron chi connectivity index (χ2n) is 5.49. The minimum absolute atomic E-state index is 0.371. The van der Waals surface area contributed by atoms with Gasteiger partial charge < -0.3 is 10.1 Å². The molecule has 2 rings (SSSR count). The Morgan fingerprint density at radius 2 is 2.00 bits per heavy atom. The summed E-state index contributed by atoms with van der Waals surface area (Å²) in [6.45, 7) is 5.88. The number of nitrogens with zero attached hydrogens (tertiary/aromatic N) is 1. The number of hydrogen-bond donors (Lipinski definition) is 1. The van der Waals surface area contributed by atoms with Crippen molar-refractivity contribution in [2.24, 2.45) is 0 Å². The Hall–Kier alpha value is -1.40. The molecule has 0 bridgehead atoms. The topological polar surface area (TPSA) is 51.2 Å². The number of carbonyl (C=O) groups is 1. The lowest BCUT2D eigenvalue weighted by Crippen LogP contribution is -2.32. The number of benzene rings is 1. The summed E-state index contributed by atoms with van der Waals surface area (Å²) >= 11 is 4.92. The molecule has 0 atom stereocenters. The van der Waals surface area contributed by atoms with Crippen LogP contribution in [-0.2, 0) is 11.3 Å². The lowest BCUT2D eigenvalue weighted by molar-refractivity contribution is 0.0523. The van der Waals surface area contributed by atoms with Crippen LogP contribution in [0.1, 0.15) is 25.8 Å². The number of halogens is 1. The average Bonchev–Trinajstić information content (AvgIpc) is 2.84. The molecule has 1 N–H and O–H groups in total. The number of hydrogen-bond acceptors (Lipinski definition) is 4. The molecule has 0 aliphatic rings. The molecule has 0 radical (unpaired) electrons. The monoisotopic (exact) mass is 368 g/mol. The van der Waals surface area contributed by atoms with Crippen LogP contribution in [0.25, 0.3) is 11.3 Å². The zero-order chi connectivity index (χ0) is 15.5. The van der Waals surface area contributed by atoms with Gasteiger partial charge in [0, 0.05) is 15.4 Å². The van der Waals surface area contributed by atoms with Crippen molar-refractivity contribution in [3.8, 4) is 11.3 Å². The number of nitrogens with one attached hydrogen (secondary N) is 1. The molecule has 0 aliphatic carbocycles. The highest BCUT2D eigenvalue weighted by molar-refractivity contribution is 9.10. The smallest absolute Gasteiger partial charge is 0.408 e. The molecule has 0 spiro atoms. The summed E-state index contributed by atoms with van der Waals surface area (Å²) in [7, 11) is 0. The lowest BCUT2D eigenvalue weighted by Gasteiger charge is -2.19. The third-order valence-corrected chi connectivity index (χ3v) is 3.85. The molecular formula is C15H17BrN2O2S. The molecule has 4 nitrogen and oxygen atoms in total. The van der Waals surface area contributed by atoms with E-state index in [-0.39, 0.29) is 0 Å². The molecule has 1 aromatic carbocycles. The van der Waals surface area contributed by atoms with Gasteiger partial charge in [-0.3, -0.25) is 0 Å². The van der Waals surface area contributed by atoms with Gasteiger partial charge >= 0.3 is 6.09 Å². The fraction of sp³-hybridized carbons (Fsp3) is 0.333. The van der Waals surface area contributed by atoms with Gasteiger partial charge in [-0.1, -0.05) is 28.1 Å². The molecule has 2 aromatic rings. The number of carbonyl (C=O) groups excluding carboxylic acids is 1. The van der Waals surface area contributed by atoms with Crippen LogP contribution in [0, 0.1) is 0 Å². The number of amides is 1. The van der Waals surface area contributed by atoms with Crippen molar-refractivity contribution in [1.82, 2.24) is 10.3 Å². The first kappa shape index (κ1) is 16.0. The van der Waals surface area contributed by atoms with Crippen LogP contribution >= 0.6 is 27.3 Å². The number of alkyl carbamates (subject to hydrolysis) is 1. The minimum Gasteiger partial charge on any atom is -0.444 e. The van der Waals surface area contributed by atoms with Gasteiger partial charge in [-0.15, -0.1) is 11.3 Å². The van der Waals surface area contributed by atoms with Gasteiger partial charge in [-0.25, -0.2) is 9.78 Å². The zero-order valence-electron chi connectivity index (χ0n) is 12.1. The molecule has 6 heteroatoms. The summed E-state index contributed by atoms with van der Waals surface area (Å²) in [5.41, 5.74) is 1.47. The highest BCUT2D eigenvalue weighted by Gasteiger charge is 2.16. The van der Waals surface area contributed by atoms with Gasteiger partial charge in [0.1, 0.15) is 10.6 Å². The van der Waals surface area contributed by atoms with Crippen LogP contribution in [-0.4, -0.2) is 16.7 Å². The van der Waals surface area contributed by atoms with Crippen LogP contribution < -0.4 is 5.32 Å². The molecule has 1 amide bonds. The molecule has 0 saturated carbocycles. The molecule has 1 heterocycles. The highest BCUT2D eigenvalue weighted by Crippen LogP contribution is 2.23. The van der Waals surface area contributed by atoms with E-state index in [1.54, 1.807) is 0 Å². The number of aromatic nitrogens is 1. The van der Waals surface area contributed by atoms with Gasteiger partial charge in [-0.05, 0) is 32.9 Å². The van der Waals surface area contributed by atoms with Crippen molar-refractivity contribution in [1.29, 1.82) is 0 Å². The Bertz CT molecular complexity index is 617. The van der Waals surface area contributed by atoms with E-state index in [9.17, 15) is 4.79 Å². The van der Waals surface area contributed by atoms with Crippen LogP contribution in [0.5, 0.6) is 0 Å². The zero-order valence-corrected chi connectivity index (χ0v) is 14.5. The molecule has 112 valence electrons. The van der Waals surface area contributed by atoms with Crippen molar-refractivity contribution in [2.45, 2.75) is 32.9 Å². The second-order valence-corrected chi connectivity index (χ2v) is 7.35. The normalized spacial score (nSPS) is 11.2. The van der Waals surface area contributed by atoms with E-state index in [2.05, 4.69) is 26.2 Å². The Balaban J connectivity index is 1.94. The summed E-state index contributed by atoms with van der Waals surface area (Å²) in [4.78, 5) is 16.1. The van der Waals surface area contributed by atoms with Crippen molar-refractivity contribution in [3.63, 3.8) is 0 Å². The molecule has 0 saturated heterocycles. The van der Waals surface area contributed by atoms with Crippen LogP contribution in [0.15, 0.2) is 34.1 Å². The average molecular weight is 369 g/mol. The molecule has 0 unspecified atom stereocenters. The van der Waals surface area contributed by atoms with E-state index >= 15 is 0 Å². The quantitative estimate of drug-likeness (QED) is 0.861. The molecule has 21 heavy (non-hydrogen) atoms. The third-order valence-electron chi connectivity index (χ3n) is 2.47. The molecule has 0 fully saturated rings. The van der Waals surface area contributed by atoms with Crippen molar-refractivity contribution in [3.05, 3.63) is 39.1 Å². The van der Waals surface area contributed by atoms with E-state index in [1.807, 2.05) is 50.4 Å². The summed E-state index contributed by atoms with van der Waals surface area (Å²) in [6.07, 6.45) is -0.428. The van der Waals surface area contributed by atoms with Crippen molar-refractivity contribution in [2.75, 3.05) is 0 Å². The SMILES string of the molecule is CC(C)(C)OC(=O)NCc1nc(-c2ccc(Br)cc2)cs1. The van der Waals surface area contributed by atoms with Gasteiger partial charge in [0.05, 0.1) is 12.2 Å². The Labute approximate surface area is 136 Å². The first-order chi connectivity index (χ1) is 9.83. The van der Waals surface area contributed by atoms with Crippen LogP contribution in [0.4, 0.5) is 4.79 Å². The summed E-state index contributed by atoms with van der Waals surface area (Å²) in [5, 5.41) is 5.54. The Morgan fingerprint density at radius 3 is 2.62 bits per heavy atom. The summed E-state index contributed by atoms with van der Waals surface area (Å²) in [5.74, 6) is 0. The summed E-state index contributed by atoms with van der Waals surface area (Å²) in [6, 6.07) is 7.97. The maximum atomic E-state index is 11.6. The largest absolute Gasteiger partial charge is 0.444 e. The lowest BCUT2D eigenvalue weighted by atomic mass is 10.2. The first-order valence-electron chi connectivity index (χ1n) is 6.51. The van der Waals surface area contributed by atoms with Crippen LogP contribution in [0.3, 0.4) is 0 Å². The molecule has 1 aromatic heterocycles. The first-order valence-corrected chi connectivity index (χ1v) is 8.18. The van der Waals surface area contributed by atoms with Crippen molar-refractivity contribution < 1.29 is 9.53 Å². The molecule has 0 aliphatic heterocycles. The standard InChI is InChI=1S/C15H17BrN2O2S/c1-15(2,3)20-14(19)17-8-13-18-12(9-21-13)10-4-6-11(16)7-5-10/h4-7,9H,8H2,1-3H3,(H,17,19). The fourth-order valence-electron chi connectivity index (χ4n) is 1.61. The van der Waals surface area contributed by atoms with E-state index < -0.39 is 11.7 Å². The maximum absolute atomic E-state index is 11.6. The van der Waals surface area contributed by atoms with Gasteiger partial charge in [0.15, 0.2) is 0 Å². The van der Waals surface area contributed by atoms with Crippen molar-refractivity contribution >= 4 is 33.4 Å². The van der Waals surface area contributed by atoms with Gasteiger partial charge in [-0.2, -0.15) is 0 Å². The summed E-state index contributed by atoms with van der Waals surface area (Å²) < 4.78 is 6.22. The number of ether oxygens (including phenoxy) is 1. The fourth-order valence-corrected chi connectivity index (χ4v) is 2.61. The molecular weight excluding hydrogens is 352 g/mol. The van der Waals surface area contributed by atoms with E-state index in [1.165, 1.54) is 11.3 Å². The number of thiazole rings is 1. The van der Waals surface area contributed by atoms with E-state index in [4.69, 9.17) is 4.74 Å². The second kappa shape index (κ2) is 6.58. The van der Waals surface area contributed by atoms with Crippen LogP contribution in [0.2, 0.25) is 0 Å². The minimum atomic E-state index is -0.491. The number of rotatable bonds is 3. The Kier molecular flexibility index (Phi) is 5.00.